The molecular weight excluding hydrogens is 262 g/mol. The Balaban J connectivity index is 1.98. The summed E-state index contributed by atoms with van der Waals surface area (Å²) < 4.78 is 1.77. The van der Waals surface area contributed by atoms with Crippen LogP contribution in [0.3, 0.4) is 0 Å². The molecule has 0 amide bonds. The summed E-state index contributed by atoms with van der Waals surface area (Å²) in [6, 6.07) is 0. The van der Waals surface area contributed by atoms with Gasteiger partial charge in [-0.05, 0) is 18.3 Å². The van der Waals surface area contributed by atoms with Crippen molar-refractivity contribution >= 4 is 17.1 Å². The fourth-order valence-corrected chi connectivity index (χ4v) is 2.73. The third-order valence-corrected chi connectivity index (χ3v) is 4.18. The number of nitrogens with two attached hydrogens (primary N) is 1. The molecule has 2 heterocycles. The molecule has 1 saturated carbocycles. The topological polar surface area (TPSA) is 130 Å². The summed E-state index contributed by atoms with van der Waals surface area (Å²) >= 11 is 0. The van der Waals surface area contributed by atoms with Crippen LogP contribution in [0.15, 0.2) is 11.1 Å². The highest BCUT2D eigenvalue weighted by Gasteiger charge is 2.49. The van der Waals surface area contributed by atoms with Crippen molar-refractivity contribution in [3.63, 3.8) is 0 Å². The zero-order valence-corrected chi connectivity index (χ0v) is 10.9. The van der Waals surface area contributed by atoms with E-state index in [1.807, 2.05) is 0 Å². The Morgan fingerprint density at radius 3 is 2.75 bits per heavy atom. The molecule has 0 radical (unpaired) electrons. The number of H-pyrrole nitrogens is 1. The van der Waals surface area contributed by atoms with Gasteiger partial charge < -0.3 is 20.5 Å². The first kappa shape index (κ1) is 13.1. The van der Waals surface area contributed by atoms with Crippen molar-refractivity contribution in [3.05, 3.63) is 16.7 Å². The molecule has 0 aliphatic heterocycles. The number of nitrogens with one attached hydrogen (secondary N) is 1. The number of aromatic nitrogens is 4. The van der Waals surface area contributed by atoms with Gasteiger partial charge in [-0.25, -0.2) is 4.98 Å². The molecule has 2 aromatic heterocycles. The van der Waals surface area contributed by atoms with Crippen LogP contribution in [0.2, 0.25) is 0 Å². The number of anilines is 1. The fraction of sp³-hybridized carbons (Fsp3) is 0.583. The molecule has 2 aromatic rings. The Hall–Kier alpha value is -1.93. The van der Waals surface area contributed by atoms with Gasteiger partial charge >= 0.3 is 0 Å². The third-order valence-electron chi connectivity index (χ3n) is 4.18. The van der Waals surface area contributed by atoms with E-state index in [-0.39, 0.29) is 41.6 Å². The monoisotopic (exact) mass is 279 g/mol. The molecule has 8 heteroatoms. The average Bonchev–Trinajstić information content (AvgIpc) is 3.07. The maximum atomic E-state index is 11.7. The SMILES string of the molecule is Nc1nc2c(ncn2CC2(C(CO)CO)CC2)c(=O)[nH]1. The molecule has 108 valence electrons. The van der Waals surface area contributed by atoms with Crippen molar-refractivity contribution < 1.29 is 10.2 Å². The smallest absolute Gasteiger partial charge is 0.280 e. The standard InChI is InChI=1S/C12H17N5O3/c13-11-15-9-8(10(20)16-11)14-6-17(9)5-12(1-2-12)7(3-18)4-19/h6-7,18-19H,1-5H2,(H3,13,15,16,20). The molecule has 0 aromatic carbocycles. The summed E-state index contributed by atoms with van der Waals surface area (Å²) in [6.07, 6.45) is 3.41. The van der Waals surface area contributed by atoms with Gasteiger partial charge in [-0.1, -0.05) is 0 Å². The lowest BCUT2D eigenvalue weighted by molar-refractivity contribution is 0.0867. The van der Waals surface area contributed by atoms with Gasteiger partial charge in [0.05, 0.1) is 6.33 Å². The van der Waals surface area contributed by atoms with Crippen LogP contribution in [-0.2, 0) is 6.54 Å². The van der Waals surface area contributed by atoms with Crippen molar-refractivity contribution in [1.82, 2.24) is 19.5 Å². The van der Waals surface area contributed by atoms with E-state index in [2.05, 4.69) is 15.0 Å². The lowest BCUT2D eigenvalue weighted by Gasteiger charge is -2.23. The Morgan fingerprint density at radius 1 is 1.45 bits per heavy atom. The number of nitrogen functional groups attached to an aromatic ring is 1. The summed E-state index contributed by atoms with van der Waals surface area (Å²) in [4.78, 5) is 22.3. The van der Waals surface area contributed by atoms with E-state index in [0.717, 1.165) is 12.8 Å². The predicted molar refractivity (Wildman–Crippen MR) is 71.9 cm³/mol. The summed E-state index contributed by atoms with van der Waals surface area (Å²) in [7, 11) is 0. The van der Waals surface area contributed by atoms with Crippen LogP contribution < -0.4 is 11.3 Å². The summed E-state index contributed by atoms with van der Waals surface area (Å²) in [5, 5.41) is 18.7. The van der Waals surface area contributed by atoms with Crippen molar-refractivity contribution in [3.8, 4) is 0 Å². The van der Waals surface area contributed by atoms with Crippen LogP contribution in [0.25, 0.3) is 11.2 Å². The molecule has 1 aliphatic rings. The lowest BCUT2D eigenvalue weighted by atomic mass is 9.90. The molecule has 8 nitrogen and oxygen atoms in total. The molecular formula is C12H17N5O3. The van der Waals surface area contributed by atoms with E-state index >= 15 is 0 Å². The number of aliphatic hydroxyl groups excluding tert-OH is 2. The number of aromatic amines is 1. The molecule has 0 spiro atoms. The van der Waals surface area contributed by atoms with Crippen LogP contribution in [0, 0.1) is 11.3 Å². The molecule has 3 rings (SSSR count). The average molecular weight is 279 g/mol. The van der Waals surface area contributed by atoms with E-state index in [1.54, 1.807) is 10.9 Å². The second-order valence-corrected chi connectivity index (χ2v) is 5.42. The van der Waals surface area contributed by atoms with Crippen molar-refractivity contribution in [2.45, 2.75) is 19.4 Å². The summed E-state index contributed by atoms with van der Waals surface area (Å²) in [5.74, 6) is -0.116. The minimum absolute atomic E-state index is 0.0509. The largest absolute Gasteiger partial charge is 0.396 e. The minimum atomic E-state index is -0.364. The molecule has 0 saturated heterocycles. The maximum absolute atomic E-state index is 11.7. The molecule has 1 fully saturated rings. The number of imidazole rings is 1. The summed E-state index contributed by atoms with van der Waals surface area (Å²) in [6.45, 7) is 0.448. The quantitative estimate of drug-likeness (QED) is 0.560. The first-order valence-corrected chi connectivity index (χ1v) is 6.52. The Labute approximate surface area is 114 Å². The normalized spacial score (nSPS) is 16.9. The lowest BCUT2D eigenvalue weighted by Crippen LogP contribution is -2.28. The number of hydrogen-bond acceptors (Lipinski definition) is 6. The first-order valence-electron chi connectivity index (χ1n) is 6.52. The fourth-order valence-electron chi connectivity index (χ4n) is 2.73. The van der Waals surface area contributed by atoms with Gasteiger partial charge in [-0.2, -0.15) is 4.98 Å². The van der Waals surface area contributed by atoms with Gasteiger partial charge in [0, 0.05) is 25.7 Å². The number of nitrogens with zero attached hydrogens (tertiary/aromatic N) is 3. The maximum Gasteiger partial charge on any atom is 0.280 e. The zero-order chi connectivity index (χ0) is 14.3. The molecule has 1 aliphatic carbocycles. The molecule has 20 heavy (non-hydrogen) atoms. The second-order valence-electron chi connectivity index (χ2n) is 5.42. The minimum Gasteiger partial charge on any atom is -0.396 e. The van der Waals surface area contributed by atoms with Gasteiger partial charge in [-0.3, -0.25) is 9.78 Å². The van der Waals surface area contributed by atoms with Gasteiger partial charge in [0.25, 0.3) is 5.56 Å². The van der Waals surface area contributed by atoms with E-state index in [1.165, 1.54) is 0 Å². The van der Waals surface area contributed by atoms with Crippen LogP contribution in [0.1, 0.15) is 12.8 Å². The van der Waals surface area contributed by atoms with Gasteiger partial charge in [0.2, 0.25) is 5.95 Å². The van der Waals surface area contributed by atoms with E-state index in [0.29, 0.717) is 12.2 Å². The van der Waals surface area contributed by atoms with Crippen molar-refractivity contribution in [2.24, 2.45) is 11.3 Å². The third kappa shape index (κ3) is 1.97. The molecule has 0 bridgehead atoms. The molecule has 0 unspecified atom stereocenters. The highest BCUT2D eigenvalue weighted by atomic mass is 16.3. The van der Waals surface area contributed by atoms with Crippen molar-refractivity contribution in [1.29, 1.82) is 0 Å². The van der Waals surface area contributed by atoms with Crippen LogP contribution >= 0.6 is 0 Å². The number of hydrogen-bond donors (Lipinski definition) is 4. The molecule has 0 atom stereocenters. The van der Waals surface area contributed by atoms with Gasteiger partial charge in [0.1, 0.15) is 0 Å². The van der Waals surface area contributed by atoms with Gasteiger partial charge in [0.15, 0.2) is 11.2 Å². The second kappa shape index (κ2) is 4.57. The van der Waals surface area contributed by atoms with Crippen LogP contribution in [0.4, 0.5) is 5.95 Å². The predicted octanol–water partition coefficient (Wildman–Crippen LogP) is -0.917. The van der Waals surface area contributed by atoms with Gasteiger partial charge in [-0.15, -0.1) is 0 Å². The van der Waals surface area contributed by atoms with E-state index in [9.17, 15) is 15.0 Å². The highest BCUT2D eigenvalue weighted by molar-refractivity contribution is 5.70. The van der Waals surface area contributed by atoms with Crippen LogP contribution in [-0.4, -0.2) is 42.9 Å². The highest BCUT2D eigenvalue weighted by Crippen LogP contribution is 2.53. The van der Waals surface area contributed by atoms with Crippen molar-refractivity contribution in [2.75, 3.05) is 18.9 Å². The van der Waals surface area contributed by atoms with E-state index in [4.69, 9.17) is 5.73 Å². The number of fused-ring (bicyclic) bond motifs is 1. The summed E-state index contributed by atoms with van der Waals surface area (Å²) in [5.41, 5.74) is 5.74. The number of rotatable bonds is 5. The molecule has 5 N–H and O–H groups in total. The van der Waals surface area contributed by atoms with E-state index < -0.39 is 0 Å². The number of aliphatic hydroxyl groups is 2. The Morgan fingerprint density at radius 2 is 2.15 bits per heavy atom. The zero-order valence-electron chi connectivity index (χ0n) is 10.9. The first-order chi connectivity index (χ1) is 9.59. The Bertz CT molecular complexity index is 684. The Kier molecular flexibility index (Phi) is 2.98. The van der Waals surface area contributed by atoms with Crippen LogP contribution in [0.5, 0.6) is 0 Å².